The third-order valence-corrected chi connectivity index (χ3v) is 6.05. The molecular formula is C17H23BF3NO5S. The Kier molecular flexibility index (Phi) is 7.16. The van der Waals surface area contributed by atoms with E-state index in [2.05, 4.69) is 0 Å². The van der Waals surface area contributed by atoms with Crippen molar-refractivity contribution >= 4 is 40.8 Å². The van der Waals surface area contributed by atoms with Gasteiger partial charge in [0.2, 0.25) is 5.91 Å². The summed E-state index contributed by atoms with van der Waals surface area (Å²) in [6, 6.07) is 0.940. The maximum atomic E-state index is 13.1. The van der Waals surface area contributed by atoms with E-state index < -0.39 is 37.1 Å². The predicted molar refractivity (Wildman–Crippen MR) is 99.6 cm³/mol. The molecule has 11 heteroatoms. The fraction of sp³-hybridized carbons (Fsp3) is 0.647. The monoisotopic (exact) mass is 421 g/mol. The zero-order valence-electron chi connectivity index (χ0n) is 15.8. The Morgan fingerprint density at radius 3 is 2.25 bits per heavy atom. The molecule has 1 aliphatic carbocycles. The molecule has 0 unspecified atom stereocenters. The van der Waals surface area contributed by atoms with Crippen molar-refractivity contribution in [3.05, 3.63) is 10.9 Å². The zero-order chi connectivity index (χ0) is 21.2. The lowest BCUT2D eigenvalue weighted by Crippen LogP contribution is -2.43. The smallest absolute Gasteiger partial charge is 0.465 e. The minimum Gasteiger partial charge on any atom is -0.465 e. The molecule has 6 nitrogen and oxygen atoms in total. The molecule has 0 atom stereocenters. The summed E-state index contributed by atoms with van der Waals surface area (Å²) < 4.78 is 43.4. The van der Waals surface area contributed by atoms with E-state index in [0.29, 0.717) is 0 Å². The standard InChI is InChI=1S/C17H23BF3NO5S/c1-9(2)22(12-8-13(18(25)26)28-14(12)16(24)27-3)15(23)10-4-6-11(7-5-10)17(19,20)21/h8-11,25-26H,4-7H2,1-3H3. The largest absolute Gasteiger partial charge is 0.499 e. The normalized spacial score (nSPS) is 20.2. The molecule has 0 radical (unpaired) electrons. The van der Waals surface area contributed by atoms with Crippen LogP contribution in [-0.2, 0) is 9.53 Å². The van der Waals surface area contributed by atoms with Crippen LogP contribution < -0.4 is 9.68 Å². The Balaban J connectivity index is 2.31. The summed E-state index contributed by atoms with van der Waals surface area (Å²) in [5.74, 6) is -3.09. The lowest BCUT2D eigenvalue weighted by atomic mass is 9.80. The van der Waals surface area contributed by atoms with E-state index in [0.717, 1.165) is 11.3 Å². The van der Waals surface area contributed by atoms with Crippen LogP contribution >= 0.6 is 11.3 Å². The summed E-state index contributed by atoms with van der Waals surface area (Å²) in [7, 11) is -0.658. The Morgan fingerprint density at radius 1 is 1.25 bits per heavy atom. The van der Waals surface area contributed by atoms with Gasteiger partial charge in [-0.3, -0.25) is 4.79 Å². The van der Waals surface area contributed by atoms with Gasteiger partial charge in [-0.05, 0) is 45.6 Å². The second kappa shape index (κ2) is 8.83. The first-order valence-electron chi connectivity index (χ1n) is 8.95. The van der Waals surface area contributed by atoms with Gasteiger partial charge in [-0.15, -0.1) is 11.3 Å². The number of thiophene rings is 1. The first-order valence-corrected chi connectivity index (χ1v) is 9.77. The van der Waals surface area contributed by atoms with Crippen molar-refractivity contribution in [2.75, 3.05) is 12.0 Å². The molecule has 28 heavy (non-hydrogen) atoms. The maximum Gasteiger partial charge on any atom is 0.499 e. The first kappa shape index (κ1) is 22.7. The number of hydrogen-bond acceptors (Lipinski definition) is 6. The summed E-state index contributed by atoms with van der Waals surface area (Å²) in [4.78, 5) is 26.6. The van der Waals surface area contributed by atoms with E-state index in [1.54, 1.807) is 13.8 Å². The molecule has 0 aromatic carbocycles. The van der Waals surface area contributed by atoms with E-state index >= 15 is 0 Å². The molecule has 0 spiro atoms. The maximum absolute atomic E-state index is 13.1. The predicted octanol–water partition coefficient (Wildman–Crippen LogP) is 2.32. The fourth-order valence-corrected chi connectivity index (χ4v) is 4.40. The summed E-state index contributed by atoms with van der Waals surface area (Å²) in [6.07, 6.45) is -4.26. The lowest BCUT2D eigenvalue weighted by Gasteiger charge is -2.34. The minimum atomic E-state index is -4.26. The van der Waals surface area contributed by atoms with Gasteiger partial charge >= 0.3 is 19.3 Å². The van der Waals surface area contributed by atoms with Gasteiger partial charge in [0.15, 0.2) is 0 Å². The van der Waals surface area contributed by atoms with Crippen LogP contribution in [0.2, 0.25) is 0 Å². The highest BCUT2D eigenvalue weighted by atomic mass is 32.1. The van der Waals surface area contributed by atoms with Crippen LogP contribution in [0.4, 0.5) is 18.9 Å². The molecule has 0 aliphatic heterocycles. The van der Waals surface area contributed by atoms with Crippen LogP contribution in [0.15, 0.2) is 6.07 Å². The number of esters is 1. The molecule has 156 valence electrons. The van der Waals surface area contributed by atoms with Crippen molar-refractivity contribution < 1.29 is 37.5 Å². The van der Waals surface area contributed by atoms with E-state index in [1.807, 2.05) is 0 Å². The Morgan fingerprint density at radius 2 is 1.82 bits per heavy atom. The Hall–Kier alpha value is -1.59. The van der Waals surface area contributed by atoms with Crippen molar-refractivity contribution in [1.82, 2.24) is 0 Å². The number of hydrogen-bond donors (Lipinski definition) is 2. The van der Waals surface area contributed by atoms with Crippen molar-refractivity contribution in [3.63, 3.8) is 0 Å². The number of ether oxygens (including phenoxy) is 1. The van der Waals surface area contributed by atoms with Crippen LogP contribution in [0.1, 0.15) is 49.2 Å². The number of alkyl halides is 3. The number of nitrogens with zero attached hydrogens (tertiary/aromatic N) is 1. The van der Waals surface area contributed by atoms with Crippen molar-refractivity contribution in [3.8, 4) is 0 Å². The lowest BCUT2D eigenvalue weighted by molar-refractivity contribution is -0.184. The Bertz CT molecular complexity index is 714. The molecule has 1 aromatic rings. The molecule has 2 N–H and O–H groups in total. The van der Waals surface area contributed by atoms with E-state index in [9.17, 15) is 32.8 Å². The molecule has 1 fully saturated rings. The van der Waals surface area contributed by atoms with E-state index in [4.69, 9.17) is 4.74 Å². The molecule has 1 amide bonds. The average molecular weight is 421 g/mol. The minimum absolute atomic E-state index is 0.0385. The highest BCUT2D eigenvalue weighted by Crippen LogP contribution is 2.41. The molecule has 1 aliphatic rings. The molecule has 2 rings (SSSR count). The molecule has 1 heterocycles. The van der Waals surface area contributed by atoms with Crippen molar-refractivity contribution in [1.29, 1.82) is 0 Å². The second-order valence-electron chi connectivity index (χ2n) is 7.12. The highest BCUT2D eigenvalue weighted by molar-refractivity contribution is 7.24. The summed E-state index contributed by atoms with van der Waals surface area (Å²) in [5, 5.41) is 18.9. The van der Waals surface area contributed by atoms with Crippen molar-refractivity contribution in [2.45, 2.75) is 51.7 Å². The number of carbonyl (C=O) groups is 2. The summed E-state index contributed by atoms with van der Waals surface area (Å²) >= 11 is 0.797. The third-order valence-electron chi connectivity index (χ3n) is 4.91. The van der Waals surface area contributed by atoms with Gasteiger partial charge in [-0.25, -0.2) is 4.79 Å². The van der Waals surface area contributed by atoms with Gasteiger partial charge in [0.1, 0.15) is 4.88 Å². The van der Waals surface area contributed by atoms with Crippen LogP contribution in [0.5, 0.6) is 0 Å². The molecule has 0 saturated heterocycles. The van der Waals surface area contributed by atoms with Gasteiger partial charge in [0, 0.05) is 16.7 Å². The van der Waals surface area contributed by atoms with Gasteiger partial charge in [-0.2, -0.15) is 13.2 Å². The van der Waals surface area contributed by atoms with Crippen molar-refractivity contribution in [2.24, 2.45) is 11.8 Å². The zero-order valence-corrected chi connectivity index (χ0v) is 16.6. The number of amides is 1. The van der Waals surface area contributed by atoms with E-state index in [-0.39, 0.29) is 46.9 Å². The Labute approximate surface area is 165 Å². The summed E-state index contributed by atoms with van der Waals surface area (Å²) in [6.45, 7) is 3.43. The van der Waals surface area contributed by atoms with Gasteiger partial charge in [0.05, 0.1) is 18.7 Å². The highest BCUT2D eigenvalue weighted by Gasteiger charge is 2.43. The number of rotatable bonds is 5. The number of anilines is 1. The molecule has 1 aromatic heterocycles. The van der Waals surface area contributed by atoms with Gasteiger partial charge in [0.25, 0.3) is 0 Å². The van der Waals surface area contributed by atoms with Crippen LogP contribution in [-0.4, -0.2) is 48.4 Å². The average Bonchev–Trinajstić information content (AvgIpc) is 3.05. The molecular weight excluding hydrogens is 398 g/mol. The topological polar surface area (TPSA) is 87.1 Å². The number of methoxy groups -OCH3 is 1. The first-order chi connectivity index (χ1) is 13.0. The van der Waals surface area contributed by atoms with Crippen LogP contribution in [0.25, 0.3) is 0 Å². The number of carbonyl (C=O) groups excluding carboxylic acids is 2. The van der Waals surface area contributed by atoms with Crippen LogP contribution in [0, 0.1) is 11.8 Å². The van der Waals surface area contributed by atoms with E-state index in [1.165, 1.54) is 18.1 Å². The SMILES string of the molecule is COC(=O)c1sc(B(O)O)cc1N(C(=O)C1CCC(C(F)(F)F)CC1)C(C)C. The molecule has 0 bridgehead atoms. The quantitative estimate of drug-likeness (QED) is 0.563. The van der Waals surface area contributed by atoms with Crippen LogP contribution in [0.3, 0.4) is 0 Å². The number of halogens is 3. The third kappa shape index (κ3) is 4.87. The second-order valence-corrected chi connectivity index (χ2v) is 8.20. The summed E-state index contributed by atoms with van der Waals surface area (Å²) in [5.41, 5.74) is 0.179. The molecule has 1 saturated carbocycles. The van der Waals surface area contributed by atoms with Gasteiger partial charge in [-0.1, -0.05) is 0 Å². The fourth-order valence-electron chi connectivity index (χ4n) is 3.46. The van der Waals surface area contributed by atoms with Gasteiger partial charge < -0.3 is 19.7 Å².